The smallest absolute Gasteiger partial charge is 0.220 e. The van der Waals surface area contributed by atoms with Gasteiger partial charge in [0, 0.05) is 13.9 Å². The zero-order valence-electron chi connectivity index (χ0n) is 7.11. The van der Waals surface area contributed by atoms with E-state index in [1.54, 1.807) is 0 Å². The van der Waals surface area contributed by atoms with Gasteiger partial charge >= 0.3 is 0 Å². The summed E-state index contributed by atoms with van der Waals surface area (Å²) >= 11 is 0. The van der Waals surface area contributed by atoms with Gasteiger partial charge in [0.2, 0.25) is 5.91 Å². The van der Waals surface area contributed by atoms with Gasteiger partial charge in [0.15, 0.2) is 0 Å². The Morgan fingerprint density at radius 2 is 2.20 bits per heavy atom. The summed E-state index contributed by atoms with van der Waals surface area (Å²) in [7, 11) is 0. The molecule has 10 heavy (non-hydrogen) atoms. The van der Waals surface area contributed by atoms with Gasteiger partial charge in [0.05, 0.1) is 0 Å². The molecule has 0 saturated carbocycles. The largest absolute Gasteiger partial charge is 0.354 e. The van der Waals surface area contributed by atoms with Gasteiger partial charge in [-0.25, -0.2) is 0 Å². The molecule has 0 spiro atoms. The summed E-state index contributed by atoms with van der Waals surface area (Å²) in [5.41, 5.74) is 0. The maximum absolute atomic E-state index is 10.6. The molecule has 0 radical (unpaired) electrons. The molecular weight excluding hydrogens is 126 g/mol. The SMILES string of the molecule is CC.CC1CCCC(=O)N1.[HH]. The van der Waals surface area contributed by atoms with Crippen LogP contribution >= 0.6 is 0 Å². The van der Waals surface area contributed by atoms with Gasteiger partial charge in [-0.2, -0.15) is 0 Å². The van der Waals surface area contributed by atoms with E-state index < -0.39 is 0 Å². The summed E-state index contributed by atoms with van der Waals surface area (Å²) in [6, 6.07) is 0.413. The van der Waals surface area contributed by atoms with Crippen molar-refractivity contribution in [2.75, 3.05) is 0 Å². The third-order valence-corrected chi connectivity index (χ3v) is 1.45. The van der Waals surface area contributed by atoms with Crippen molar-refractivity contribution < 1.29 is 6.22 Å². The van der Waals surface area contributed by atoms with E-state index >= 15 is 0 Å². The van der Waals surface area contributed by atoms with Crippen LogP contribution in [0.2, 0.25) is 0 Å². The summed E-state index contributed by atoms with van der Waals surface area (Å²) in [5.74, 6) is 0.212. The zero-order valence-corrected chi connectivity index (χ0v) is 7.11. The summed E-state index contributed by atoms with van der Waals surface area (Å²) < 4.78 is 0. The van der Waals surface area contributed by atoms with Crippen LogP contribution in [0.5, 0.6) is 0 Å². The quantitative estimate of drug-likeness (QED) is 0.554. The van der Waals surface area contributed by atoms with Crippen LogP contribution in [0.1, 0.15) is 41.5 Å². The molecule has 1 rings (SSSR count). The van der Waals surface area contributed by atoms with Crippen LogP contribution in [0.4, 0.5) is 0 Å². The van der Waals surface area contributed by atoms with Crippen molar-refractivity contribution in [3.63, 3.8) is 0 Å². The van der Waals surface area contributed by atoms with Gasteiger partial charge in [0.1, 0.15) is 0 Å². The second-order valence-electron chi connectivity index (χ2n) is 2.36. The van der Waals surface area contributed by atoms with Crippen molar-refractivity contribution in [2.45, 2.75) is 46.1 Å². The molecule has 62 valence electrons. The fourth-order valence-corrected chi connectivity index (χ4v) is 0.988. The first-order chi connectivity index (χ1) is 4.79. The Morgan fingerprint density at radius 3 is 2.50 bits per heavy atom. The summed E-state index contributed by atoms with van der Waals surface area (Å²) in [5, 5.41) is 2.84. The molecule has 0 bridgehead atoms. The Morgan fingerprint density at radius 1 is 1.60 bits per heavy atom. The molecule has 2 nitrogen and oxygen atoms in total. The summed E-state index contributed by atoms with van der Waals surface area (Å²) in [4.78, 5) is 10.6. The molecule has 0 aromatic carbocycles. The molecule has 1 saturated heterocycles. The van der Waals surface area contributed by atoms with Crippen LogP contribution in [-0.2, 0) is 4.79 Å². The van der Waals surface area contributed by atoms with E-state index in [2.05, 4.69) is 5.32 Å². The molecule has 0 aromatic rings. The van der Waals surface area contributed by atoms with Crippen LogP contribution < -0.4 is 5.32 Å². The number of carbonyl (C=O) groups excluding carboxylic acids is 1. The van der Waals surface area contributed by atoms with Gasteiger partial charge in [-0.05, 0) is 19.8 Å². The highest BCUT2D eigenvalue weighted by Gasteiger charge is 2.12. The number of piperidine rings is 1. The van der Waals surface area contributed by atoms with Crippen molar-refractivity contribution in [3.8, 4) is 0 Å². The average molecular weight is 145 g/mol. The predicted molar refractivity (Wildman–Crippen MR) is 44.9 cm³/mol. The number of nitrogens with one attached hydrogen (secondary N) is 1. The Balaban J connectivity index is 0. The van der Waals surface area contributed by atoms with Crippen molar-refractivity contribution in [1.82, 2.24) is 5.32 Å². The molecule has 1 atom stereocenters. The maximum atomic E-state index is 10.6. The molecule has 0 aliphatic carbocycles. The highest BCUT2D eigenvalue weighted by Crippen LogP contribution is 2.05. The highest BCUT2D eigenvalue weighted by molar-refractivity contribution is 5.76. The number of carbonyl (C=O) groups is 1. The molecule has 0 aromatic heterocycles. The highest BCUT2D eigenvalue weighted by atomic mass is 16.1. The van der Waals surface area contributed by atoms with E-state index in [1.807, 2.05) is 20.8 Å². The molecule has 1 heterocycles. The normalized spacial score (nSPS) is 24.3. The maximum Gasteiger partial charge on any atom is 0.220 e. The van der Waals surface area contributed by atoms with E-state index in [4.69, 9.17) is 0 Å². The van der Waals surface area contributed by atoms with Crippen LogP contribution in [-0.4, -0.2) is 11.9 Å². The minimum Gasteiger partial charge on any atom is -0.354 e. The molecular formula is C8H19NO. The lowest BCUT2D eigenvalue weighted by molar-refractivity contribution is -0.123. The molecule has 1 aliphatic heterocycles. The first-order valence-corrected chi connectivity index (χ1v) is 4.08. The molecule has 2 heteroatoms. The lowest BCUT2D eigenvalue weighted by Gasteiger charge is -2.18. The minimum absolute atomic E-state index is 0. The number of hydrogen-bond acceptors (Lipinski definition) is 1. The van der Waals surface area contributed by atoms with Crippen LogP contribution in [0, 0.1) is 0 Å². The molecule has 1 aliphatic rings. The number of amides is 1. The topological polar surface area (TPSA) is 29.1 Å². The Labute approximate surface area is 64.5 Å². The number of rotatable bonds is 0. The predicted octanol–water partition coefficient (Wildman–Crippen LogP) is 1.95. The Hall–Kier alpha value is -0.530. The minimum atomic E-state index is 0. The van der Waals surface area contributed by atoms with E-state index in [0.29, 0.717) is 6.04 Å². The standard InChI is InChI=1S/C6H11NO.C2H6.H2/c1-5-3-2-4-6(8)7-5;1-2;/h5H,2-4H2,1H3,(H,7,8);1-2H3;1H. The van der Waals surface area contributed by atoms with Crippen molar-refractivity contribution in [3.05, 3.63) is 0 Å². The monoisotopic (exact) mass is 145 g/mol. The van der Waals surface area contributed by atoms with Crippen LogP contribution in [0.25, 0.3) is 0 Å². The second-order valence-corrected chi connectivity index (χ2v) is 2.36. The summed E-state index contributed by atoms with van der Waals surface area (Å²) in [6.07, 6.45) is 2.93. The van der Waals surface area contributed by atoms with Crippen LogP contribution in [0.15, 0.2) is 0 Å². The van der Waals surface area contributed by atoms with Crippen molar-refractivity contribution >= 4 is 5.91 Å². The van der Waals surface area contributed by atoms with E-state index in [-0.39, 0.29) is 7.33 Å². The van der Waals surface area contributed by atoms with E-state index in [9.17, 15) is 4.79 Å². The average Bonchev–Trinajstić information content (AvgIpc) is 1.91. The lowest BCUT2D eigenvalue weighted by atomic mass is 10.1. The van der Waals surface area contributed by atoms with Gasteiger partial charge in [-0.3, -0.25) is 4.79 Å². The fraction of sp³-hybridized carbons (Fsp3) is 0.875. The molecule has 1 N–H and O–H groups in total. The fourth-order valence-electron chi connectivity index (χ4n) is 0.988. The molecule has 1 unspecified atom stereocenters. The summed E-state index contributed by atoms with van der Waals surface area (Å²) in [6.45, 7) is 6.04. The van der Waals surface area contributed by atoms with Crippen LogP contribution in [0.3, 0.4) is 0 Å². The first-order valence-electron chi connectivity index (χ1n) is 4.08. The van der Waals surface area contributed by atoms with Crippen molar-refractivity contribution in [2.24, 2.45) is 0 Å². The zero-order chi connectivity index (χ0) is 7.98. The molecule has 1 amide bonds. The van der Waals surface area contributed by atoms with Crippen molar-refractivity contribution in [1.29, 1.82) is 0 Å². The van der Waals surface area contributed by atoms with E-state index in [0.717, 1.165) is 19.3 Å². The third-order valence-electron chi connectivity index (χ3n) is 1.45. The second kappa shape index (κ2) is 5.27. The van der Waals surface area contributed by atoms with Gasteiger partial charge in [0.25, 0.3) is 0 Å². The Kier molecular flexibility index (Phi) is 4.99. The van der Waals surface area contributed by atoms with E-state index in [1.165, 1.54) is 0 Å². The number of hydrogen-bond donors (Lipinski definition) is 1. The van der Waals surface area contributed by atoms with Gasteiger partial charge < -0.3 is 5.32 Å². The van der Waals surface area contributed by atoms with Gasteiger partial charge in [-0.15, -0.1) is 0 Å². The molecule has 1 fully saturated rings. The lowest BCUT2D eigenvalue weighted by Crippen LogP contribution is -2.36. The third kappa shape index (κ3) is 3.49. The van der Waals surface area contributed by atoms with Gasteiger partial charge in [-0.1, -0.05) is 13.8 Å². The first kappa shape index (κ1) is 9.47. The Bertz CT molecular complexity index is 106.